The van der Waals surface area contributed by atoms with Gasteiger partial charge in [-0.05, 0) is 24.3 Å². The smallest absolute Gasteiger partial charge is 0.274 e. The number of benzene rings is 2. The van der Waals surface area contributed by atoms with Gasteiger partial charge < -0.3 is 9.73 Å². The van der Waals surface area contributed by atoms with Crippen molar-refractivity contribution in [2.75, 3.05) is 0 Å². The molecule has 130 valence electrons. The molecule has 2 aromatic heterocycles. The molecule has 2 N–H and O–H groups in total. The first-order chi connectivity index (χ1) is 12.7. The molecule has 2 aromatic carbocycles. The average molecular weight is 348 g/mol. The number of para-hydroxylation sites is 1. The van der Waals surface area contributed by atoms with Gasteiger partial charge in [0.25, 0.3) is 5.56 Å². The Bertz CT molecular complexity index is 1110. The highest BCUT2D eigenvalue weighted by atomic mass is 16.3. The van der Waals surface area contributed by atoms with Crippen LogP contribution >= 0.6 is 0 Å². The molecule has 4 rings (SSSR count). The molecule has 0 aliphatic rings. The first kappa shape index (κ1) is 15.9. The lowest BCUT2D eigenvalue weighted by atomic mass is 10.2. The van der Waals surface area contributed by atoms with Crippen molar-refractivity contribution in [1.82, 2.24) is 20.1 Å². The Morgan fingerprint density at radius 2 is 1.88 bits per heavy atom. The Kier molecular flexibility index (Phi) is 4.10. The van der Waals surface area contributed by atoms with Crippen LogP contribution < -0.4 is 10.9 Å². The number of aromatic amines is 1. The van der Waals surface area contributed by atoms with E-state index in [1.165, 1.54) is 10.9 Å². The number of carbonyl (C=O) groups excluding carboxylic acids is 1. The lowest BCUT2D eigenvalue weighted by molar-refractivity contribution is -0.122. The van der Waals surface area contributed by atoms with E-state index in [2.05, 4.69) is 15.4 Å². The minimum absolute atomic E-state index is 0.0864. The molecule has 0 spiro atoms. The molecule has 4 aromatic rings. The summed E-state index contributed by atoms with van der Waals surface area (Å²) in [7, 11) is 0. The molecule has 0 aliphatic carbocycles. The lowest BCUT2D eigenvalue weighted by Gasteiger charge is -2.03. The molecule has 0 saturated carbocycles. The van der Waals surface area contributed by atoms with Crippen molar-refractivity contribution in [2.24, 2.45) is 0 Å². The number of rotatable bonds is 5. The minimum atomic E-state index is -0.289. The summed E-state index contributed by atoms with van der Waals surface area (Å²) in [5.74, 6) is 0.213. The SMILES string of the molecule is O=C(Cn1[nH]c2ccccc2c1=O)NCc1coc(-c2ccccc2)n1. The summed E-state index contributed by atoms with van der Waals surface area (Å²) in [6, 6.07) is 16.7. The van der Waals surface area contributed by atoms with Gasteiger partial charge in [-0.15, -0.1) is 0 Å². The summed E-state index contributed by atoms with van der Waals surface area (Å²) in [5, 5.41) is 6.23. The van der Waals surface area contributed by atoms with Crippen LogP contribution in [0, 0.1) is 0 Å². The molecular weight excluding hydrogens is 332 g/mol. The van der Waals surface area contributed by atoms with Crippen LogP contribution in [0.15, 0.2) is 70.1 Å². The Hall–Kier alpha value is -3.61. The maximum atomic E-state index is 12.2. The number of carbonyl (C=O) groups is 1. The first-order valence-electron chi connectivity index (χ1n) is 8.15. The number of fused-ring (bicyclic) bond motifs is 1. The number of oxazole rings is 1. The normalized spacial score (nSPS) is 10.9. The number of aromatic nitrogens is 3. The molecule has 0 aliphatic heterocycles. The van der Waals surface area contributed by atoms with Crippen molar-refractivity contribution < 1.29 is 9.21 Å². The van der Waals surface area contributed by atoms with Gasteiger partial charge in [-0.3, -0.25) is 14.7 Å². The molecule has 0 unspecified atom stereocenters. The van der Waals surface area contributed by atoms with Crippen molar-refractivity contribution in [3.8, 4) is 11.5 Å². The zero-order valence-corrected chi connectivity index (χ0v) is 13.8. The topological polar surface area (TPSA) is 92.9 Å². The van der Waals surface area contributed by atoms with Gasteiger partial charge in [0.1, 0.15) is 12.8 Å². The van der Waals surface area contributed by atoms with E-state index in [-0.39, 0.29) is 24.6 Å². The number of amides is 1. The highest BCUT2D eigenvalue weighted by Gasteiger charge is 2.11. The van der Waals surface area contributed by atoms with Crippen LogP contribution in [0.3, 0.4) is 0 Å². The molecule has 1 amide bonds. The molecule has 0 radical (unpaired) electrons. The number of nitrogens with one attached hydrogen (secondary N) is 2. The summed E-state index contributed by atoms with van der Waals surface area (Å²) in [6.45, 7) is 0.140. The van der Waals surface area contributed by atoms with Gasteiger partial charge in [0.05, 0.1) is 23.1 Å². The molecule has 0 fully saturated rings. The number of nitrogens with zero attached hydrogens (tertiary/aromatic N) is 2. The maximum Gasteiger partial charge on any atom is 0.274 e. The molecule has 0 atom stereocenters. The van der Waals surface area contributed by atoms with Crippen molar-refractivity contribution in [2.45, 2.75) is 13.1 Å². The van der Waals surface area contributed by atoms with E-state index in [1.807, 2.05) is 36.4 Å². The largest absolute Gasteiger partial charge is 0.444 e. The van der Waals surface area contributed by atoms with Gasteiger partial charge >= 0.3 is 0 Å². The predicted octanol–water partition coefficient (Wildman–Crippen LogP) is 2.30. The highest BCUT2D eigenvalue weighted by Crippen LogP contribution is 2.17. The molecule has 2 heterocycles. The van der Waals surface area contributed by atoms with Crippen molar-refractivity contribution >= 4 is 16.8 Å². The monoisotopic (exact) mass is 348 g/mol. The fourth-order valence-electron chi connectivity index (χ4n) is 2.71. The Balaban J connectivity index is 1.40. The minimum Gasteiger partial charge on any atom is -0.444 e. The van der Waals surface area contributed by atoms with Crippen LogP contribution in [0.4, 0.5) is 0 Å². The van der Waals surface area contributed by atoms with E-state index in [1.54, 1.807) is 18.2 Å². The Morgan fingerprint density at radius 1 is 1.12 bits per heavy atom. The van der Waals surface area contributed by atoms with Crippen LogP contribution in [-0.4, -0.2) is 20.7 Å². The van der Waals surface area contributed by atoms with E-state index in [0.717, 1.165) is 5.56 Å². The fraction of sp³-hybridized carbons (Fsp3) is 0.105. The zero-order valence-electron chi connectivity index (χ0n) is 13.8. The van der Waals surface area contributed by atoms with Crippen molar-refractivity contribution in [3.63, 3.8) is 0 Å². The molecule has 7 nitrogen and oxygen atoms in total. The predicted molar refractivity (Wildman–Crippen MR) is 96.3 cm³/mol. The number of hydrogen-bond acceptors (Lipinski definition) is 4. The summed E-state index contributed by atoms with van der Waals surface area (Å²) < 4.78 is 6.73. The zero-order chi connectivity index (χ0) is 17.9. The van der Waals surface area contributed by atoms with Gasteiger partial charge in [-0.1, -0.05) is 30.3 Å². The van der Waals surface area contributed by atoms with Crippen LogP contribution in [0.25, 0.3) is 22.4 Å². The lowest BCUT2D eigenvalue weighted by Crippen LogP contribution is -2.31. The maximum absolute atomic E-state index is 12.2. The van der Waals surface area contributed by atoms with E-state index in [4.69, 9.17) is 4.42 Å². The van der Waals surface area contributed by atoms with Gasteiger partial charge in [-0.2, -0.15) is 0 Å². The Labute approximate surface area is 148 Å². The van der Waals surface area contributed by atoms with Crippen LogP contribution in [-0.2, 0) is 17.9 Å². The summed E-state index contributed by atoms with van der Waals surface area (Å²) >= 11 is 0. The van der Waals surface area contributed by atoms with Gasteiger partial charge in [-0.25, -0.2) is 9.67 Å². The van der Waals surface area contributed by atoms with Crippen LogP contribution in [0.2, 0.25) is 0 Å². The second-order valence-electron chi connectivity index (χ2n) is 5.84. The standard InChI is InChI=1S/C19H16N4O3/c24-17(11-23-19(25)15-8-4-5-9-16(15)22-23)20-10-14-12-26-18(21-14)13-6-2-1-3-7-13/h1-9,12,22H,10-11H2,(H,20,24). The second kappa shape index (κ2) is 6.72. The highest BCUT2D eigenvalue weighted by molar-refractivity contribution is 5.79. The Morgan fingerprint density at radius 3 is 2.69 bits per heavy atom. The molecule has 0 saturated heterocycles. The molecular formula is C19H16N4O3. The van der Waals surface area contributed by atoms with Crippen LogP contribution in [0.1, 0.15) is 5.69 Å². The van der Waals surface area contributed by atoms with Gasteiger partial charge in [0, 0.05) is 5.56 Å². The van der Waals surface area contributed by atoms with E-state index in [0.29, 0.717) is 22.5 Å². The quantitative estimate of drug-likeness (QED) is 0.579. The summed E-state index contributed by atoms with van der Waals surface area (Å²) in [5.41, 5.74) is 1.97. The summed E-state index contributed by atoms with van der Waals surface area (Å²) in [6.07, 6.45) is 1.51. The first-order valence-corrected chi connectivity index (χ1v) is 8.15. The molecule has 0 bridgehead atoms. The molecule has 7 heteroatoms. The summed E-state index contributed by atoms with van der Waals surface area (Å²) in [4.78, 5) is 28.7. The average Bonchev–Trinajstić information content (AvgIpc) is 3.27. The third-order valence-electron chi connectivity index (χ3n) is 4.00. The molecule has 26 heavy (non-hydrogen) atoms. The van der Waals surface area contributed by atoms with E-state index >= 15 is 0 Å². The number of H-pyrrole nitrogens is 1. The van der Waals surface area contributed by atoms with E-state index in [9.17, 15) is 9.59 Å². The third-order valence-corrected chi connectivity index (χ3v) is 4.00. The van der Waals surface area contributed by atoms with Gasteiger partial charge in [0.15, 0.2) is 0 Å². The third kappa shape index (κ3) is 3.14. The van der Waals surface area contributed by atoms with Crippen molar-refractivity contribution in [3.05, 3.63) is 76.9 Å². The van der Waals surface area contributed by atoms with Crippen molar-refractivity contribution in [1.29, 1.82) is 0 Å². The van der Waals surface area contributed by atoms with Gasteiger partial charge in [0.2, 0.25) is 11.8 Å². The number of hydrogen-bond donors (Lipinski definition) is 2. The fourth-order valence-corrected chi connectivity index (χ4v) is 2.71. The second-order valence-corrected chi connectivity index (χ2v) is 5.84. The van der Waals surface area contributed by atoms with Crippen LogP contribution in [0.5, 0.6) is 0 Å². The van der Waals surface area contributed by atoms with E-state index < -0.39 is 0 Å².